The Kier molecular flexibility index (Phi) is 6.24. The average molecular weight is 448 g/mol. The maximum Gasteiger partial charge on any atom is 0.229 e. The summed E-state index contributed by atoms with van der Waals surface area (Å²) in [6.45, 7) is -0.431. The highest BCUT2D eigenvalue weighted by Gasteiger charge is 2.45. The van der Waals surface area contributed by atoms with E-state index < -0.39 is 43.4 Å². The van der Waals surface area contributed by atoms with Crippen molar-refractivity contribution in [2.24, 2.45) is 0 Å². The Labute approximate surface area is 183 Å². The van der Waals surface area contributed by atoms with Gasteiger partial charge in [0.15, 0.2) is 0 Å². The van der Waals surface area contributed by atoms with Crippen LogP contribution >= 0.6 is 0 Å². The largest absolute Gasteiger partial charge is 0.508 e. The molecule has 4 rings (SSSR count). The molecule has 10 nitrogen and oxygen atoms in total. The Balaban J connectivity index is 1.50. The van der Waals surface area contributed by atoms with Crippen LogP contribution in [0.15, 0.2) is 42.7 Å². The molecule has 2 aliphatic heterocycles. The van der Waals surface area contributed by atoms with Crippen LogP contribution in [0, 0.1) is 0 Å². The number of methoxy groups -OCH3 is 1. The van der Waals surface area contributed by atoms with Gasteiger partial charge in [-0.1, -0.05) is 12.1 Å². The number of hydrogen-bond donors (Lipinski definition) is 6. The smallest absolute Gasteiger partial charge is 0.229 e. The molecule has 6 atom stereocenters. The average Bonchev–Trinajstić information content (AvgIpc) is 2.77. The third kappa shape index (κ3) is 3.99. The maximum atomic E-state index is 10.7. The van der Waals surface area contributed by atoms with Crippen molar-refractivity contribution in [3.05, 3.63) is 53.8 Å². The lowest BCUT2D eigenvalue weighted by atomic mass is 9.93. The summed E-state index contributed by atoms with van der Waals surface area (Å²) >= 11 is 0. The zero-order valence-corrected chi connectivity index (χ0v) is 17.0. The normalized spacial score (nSPS) is 29.6. The Bertz CT molecular complexity index is 987. The van der Waals surface area contributed by atoms with Gasteiger partial charge in [0.1, 0.15) is 53.5 Å². The van der Waals surface area contributed by atoms with E-state index >= 15 is 0 Å². The Hall–Kier alpha value is -2.86. The molecule has 0 aliphatic carbocycles. The molecule has 0 aromatic heterocycles. The van der Waals surface area contributed by atoms with Gasteiger partial charge in [-0.3, -0.25) is 0 Å². The number of hydrogen-bond acceptors (Lipinski definition) is 10. The molecule has 172 valence electrons. The first-order valence-corrected chi connectivity index (χ1v) is 9.87. The summed E-state index contributed by atoms with van der Waals surface area (Å²) < 4.78 is 21.7. The zero-order valence-electron chi connectivity index (χ0n) is 17.0. The van der Waals surface area contributed by atoms with Gasteiger partial charge in [0.05, 0.1) is 18.4 Å². The van der Waals surface area contributed by atoms with Crippen LogP contribution in [0.4, 0.5) is 0 Å². The van der Waals surface area contributed by atoms with E-state index in [0.717, 1.165) is 6.07 Å². The molecule has 1 fully saturated rings. The number of ether oxygens (including phenoxy) is 4. The number of aromatic hydroxyl groups is 2. The molecule has 10 heteroatoms. The molecule has 0 radical (unpaired) electrons. The third-order valence-electron chi connectivity index (χ3n) is 5.52. The molecule has 0 amide bonds. The molecule has 6 N–H and O–H groups in total. The summed E-state index contributed by atoms with van der Waals surface area (Å²) in [5, 5.41) is 60.3. The number of aliphatic hydroxyl groups excluding tert-OH is 4. The standard InChI is InChI=1S/C22H24O10/c1-29-21-16(8-23)32-22(20(28)19(21)27)31-12-4-2-10(3-5-12)13-9-30-15-7-11(24)6-14(25)17(15)18(13)26/h2-7,9,16,18-28H,8H2,1H3/t16-,18?,19-,20-,21-,22-/m0/s1. The Morgan fingerprint density at radius 3 is 2.38 bits per heavy atom. The minimum Gasteiger partial charge on any atom is -0.508 e. The summed E-state index contributed by atoms with van der Waals surface area (Å²) in [5.74, 6) is -0.0387. The minimum absolute atomic E-state index is 0.135. The van der Waals surface area contributed by atoms with E-state index in [1.165, 1.54) is 19.4 Å². The molecule has 0 spiro atoms. The number of phenols is 2. The highest BCUT2D eigenvalue weighted by atomic mass is 16.7. The SMILES string of the molecule is CO[C@@H]1[C@@H](O)[C@H](O)[C@@H](Oc2ccc(C3=COc4cc(O)cc(O)c4C3O)cc2)O[C@H]1CO. The second-order valence-electron chi connectivity index (χ2n) is 7.52. The lowest BCUT2D eigenvalue weighted by molar-refractivity contribution is -0.281. The van der Waals surface area contributed by atoms with Gasteiger partial charge in [-0.05, 0) is 17.7 Å². The predicted octanol–water partition coefficient (Wildman–Crippen LogP) is 0.398. The lowest BCUT2D eigenvalue weighted by Gasteiger charge is -2.41. The quantitative estimate of drug-likeness (QED) is 0.378. The molecule has 2 aliphatic rings. The number of aliphatic hydroxyl groups is 4. The van der Waals surface area contributed by atoms with Gasteiger partial charge in [0, 0.05) is 24.8 Å². The van der Waals surface area contributed by atoms with Gasteiger partial charge < -0.3 is 49.6 Å². The van der Waals surface area contributed by atoms with Crippen LogP contribution in [-0.4, -0.2) is 75.1 Å². The Morgan fingerprint density at radius 1 is 1.00 bits per heavy atom. The van der Waals surface area contributed by atoms with E-state index in [-0.39, 0.29) is 22.8 Å². The van der Waals surface area contributed by atoms with E-state index in [2.05, 4.69) is 0 Å². The van der Waals surface area contributed by atoms with Crippen LogP contribution < -0.4 is 9.47 Å². The van der Waals surface area contributed by atoms with Gasteiger partial charge in [-0.2, -0.15) is 0 Å². The van der Waals surface area contributed by atoms with Gasteiger partial charge >= 0.3 is 0 Å². The molecular formula is C22H24O10. The fourth-order valence-electron chi connectivity index (χ4n) is 3.84. The molecule has 0 bridgehead atoms. The van der Waals surface area contributed by atoms with Crippen molar-refractivity contribution in [1.29, 1.82) is 0 Å². The molecule has 0 saturated carbocycles. The predicted molar refractivity (Wildman–Crippen MR) is 109 cm³/mol. The zero-order chi connectivity index (χ0) is 23.0. The van der Waals surface area contributed by atoms with E-state index in [1.807, 2.05) is 0 Å². The molecule has 1 unspecified atom stereocenters. The summed E-state index contributed by atoms with van der Waals surface area (Å²) in [4.78, 5) is 0. The van der Waals surface area contributed by atoms with Crippen molar-refractivity contribution >= 4 is 5.57 Å². The van der Waals surface area contributed by atoms with Gasteiger partial charge in [-0.25, -0.2) is 0 Å². The second-order valence-corrected chi connectivity index (χ2v) is 7.52. The third-order valence-corrected chi connectivity index (χ3v) is 5.52. The topological polar surface area (TPSA) is 158 Å². The first-order valence-electron chi connectivity index (χ1n) is 9.87. The Morgan fingerprint density at radius 2 is 1.72 bits per heavy atom. The molecule has 2 aromatic rings. The van der Waals surface area contributed by atoms with Crippen LogP contribution in [0.3, 0.4) is 0 Å². The summed E-state index contributed by atoms with van der Waals surface area (Å²) in [5.41, 5.74) is 1.08. The number of phenolic OH excluding ortho intramolecular Hbond substituents is 2. The number of rotatable bonds is 5. The van der Waals surface area contributed by atoms with Crippen molar-refractivity contribution < 1.29 is 49.6 Å². The van der Waals surface area contributed by atoms with Crippen LogP contribution in [0.1, 0.15) is 17.2 Å². The van der Waals surface area contributed by atoms with E-state index in [4.69, 9.17) is 18.9 Å². The van der Waals surface area contributed by atoms with E-state index in [0.29, 0.717) is 16.9 Å². The molecular weight excluding hydrogens is 424 g/mol. The van der Waals surface area contributed by atoms with Crippen LogP contribution in [0.2, 0.25) is 0 Å². The second kappa shape index (κ2) is 8.94. The van der Waals surface area contributed by atoms with Crippen molar-refractivity contribution in [1.82, 2.24) is 0 Å². The summed E-state index contributed by atoms with van der Waals surface area (Å²) in [7, 11) is 1.34. The number of fused-ring (bicyclic) bond motifs is 1. The first kappa shape index (κ1) is 22.3. The molecule has 1 saturated heterocycles. The van der Waals surface area contributed by atoms with Gasteiger partial charge in [-0.15, -0.1) is 0 Å². The van der Waals surface area contributed by atoms with Crippen molar-refractivity contribution in [3.8, 4) is 23.0 Å². The summed E-state index contributed by atoms with van der Waals surface area (Å²) in [6.07, 6.45) is -5.62. The summed E-state index contributed by atoms with van der Waals surface area (Å²) in [6, 6.07) is 8.79. The van der Waals surface area contributed by atoms with Crippen LogP contribution in [0.5, 0.6) is 23.0 Å². The first-order chi connectivity index (χ1) is 15.3. The monoisotopic (exact) mass is 448 g/mol. The van der Waals surface area contributed by atoms with Gasteiger partial charge in [0.25, 0.3) is 0 Å². The van der Waals surface area contributed by atoms with Crippen LogP contribution in [-0.2, 0) is 9.47 Å². The van der Waals surface area contributed by atoms with Crippen molar-refractivity contribution in [2.75, 3.05) is 13.7 Å². The minimum atomic E-state index is -1.41. The molecule has 2 aromatic carbocycles. The van der Waals surface area contributed by atoms with E-state index in [1.54, 1.807) is 24.3 Å². The van der Waals surface area contributed by atoms with Crippen molar-refractivity contribution in [3.63, 3.8) is 0 Å². The van der Waals surface area contributed by atoms with E-state index in [9.17, 15) is 30.6 Å². The fraction of sp³-hybridized carbons (Fsp3) is 0.364. The maximum absolute atomic E-state index is 10.7. The van der Waals surface area contributed by atoms with Crippen molar-refractivity contribution in [2.45, 2.75) is 36.8 Å². The lowest BCUT2D eigenvalue weighted by Crippen LogP contribution is -2.60. The fourth-order valence-corrected chi connectivity index (χ4v) is 3.84. The molecule has 2 heterocycles. The van der Waals surface area contributed by atoms with Crippen LogP contribution in [0.25, 0.3) is 5.57 Å². The highest BCUT2D eigenvalue weighted by Crippen LogP contribution is 2.45. The number of benzene rings is 2. The highest BCUT2D eigenvalue weighted by molar-refractivity contribution is 5.74. The van der Waals surface area contributed by atoms with Gasteiger partial charge in [0.2, 0.25) is 6.29 Å². The molecule has 32 heavy (non-hydrogen) atoms.